The van der Waals surface area contributed by atoms with Crippen molar-refractivity contribution in [1.29, 1.82) is 0 Å². The molecule has 2 unspecified atom stereocenters. The third-order valence-corrected chi connectivity index (χ3v) is 2.76. The second-order valence-electron chi connectivity index (χ2n) is 3.82. The Balaban J connectivity index is 2.49. The van der Waals surface area contributed by atoms with Gasteiger partial charge in [-0.15, -0.1) is 0 Å². The fourth-order valence-electron chi connectivity index (χ4n) is 1.80. The molecule has 0 bridgehead atoms. The highest BCUT2D eigenvalue weighted by Gasteiger charge is 2.39. The highest BCUT2D eigenvalue weighted by atomic mass is 16.6. The normalized spacial score (nSPS) is 41.9. The van der Waals surface area contributed by atoms with Crippen LogP contribution in [0.4, 0.5) is 0 Å². The standard InChI is InChI=1S/C9H19BO2/c1-4-9(3)6-7(11-5-2)8(10)12-9/h7-8H,4-6,10H2,1-3H3/t7?,8?,9-/m0/s1. The van der Waals surface area contributed by atoms with E-state index in [-0.39, 0.29) is 11.6 Å². The van der Waals surface area contributed by atoms with Gasteiger partial charge in [-0.3, -0.25) is 0 Å². The molecule has 70 valence electrons. The Morgan fingerprint density at radius 2 is 2.25 bits per heavy atom. The first-order valence-corrected chi connectivity index (χ1v) is 4.90. The zero-order chi connectivity index (χ0) is 9.19. The lowest BCUT2D eigenvalue weighted by Crippen LogP contribution is -2.24. The minimum atomic E-state index is 0.0548. The molecule has 0 aromatic rings. The van der Waals surface area contributed by atoms with Crippen molar-refractivity contribution in [3.8, 4) is 0 Å². The molecule has 3 atom stereocenters. The highest BCUT2D eigenvalue weighted by molar-refractivity contribution is 6.11. The molecular formula is C9H19BO2. The second-order valence-corrected chi connectivity index (χ2v) is 3.82. The molecule has 1 heterocycles. The van der Waals surface area contributed by atoms with Crippen LogP contribution in [0.3, 0.4) is 0 Å². The Labute approximate surface area is 76.0 Å². The lowest BCUT2D eigenvalue weighted by Gasteiger charge is -2.21. The molecule has 0 aliphatic carbocycles. The van der Waals surface area contributed by atoms with E-state index in [1.165, 1.54) is 0 Å². The summed E-state index contributed by atoms with van der Waals surface area (Å²) in [5.74, 6) is 0. The van der Waals surface area contributed by atoms with Gasteiger partial charge in [-0.2, -0.15) is 0 Å². The molecule has 0 radical (unpaired) electrons. The van der Waals surface area contributed by atoms with E-state index in [0.29, 0.717) is 6.10 Å². The van der Waals surface area contributed by atoms with Crippen LogP contribution in [-0.4, -0.2) is 32.2 Å². The second kappa shape index (κ2) is 3.80. The third-order valence-electron chi connectivity index (χ3n) is 2.76. The number of rotatable bonds is 3. The average Bonchev–Trinajstić information content (AvgIpc) is 2.30. The Morgan fingerprint density at radius 1 is 1.58 bits per heavy atom. The third kappa shape index (κ3) is 2.02. The Bertz CT molecular complexity index is 151. The molecule has 0 N–H and O–H groups in total. The van der Waals surface area contributed by atoms with E-state index in [9.17, 15) is 0 Å². The number of ether oxygens (including phenoxy) is 2. The molecule has 1 rings (SSSR count). The van der Waals surface area contributed by atoms with Crippen LogP contribution in [0.25, 0.3) is 0 Å². The highest BCUT2D eigenvalue weighted by Crippen LogP contribution is 2.33. The zero-order valence-corrected chi connectivity index (χ0v) is 8.59. The predicted molar refractivity (Wildman–Crippen MR) is 52.1 cm³/mol. The monoisotopic (exact) mass is 170 g/mol. The van der Waals surface area contributed by atoms with Crippen molar-refractivity contribution < 1.29 is 9.47 Å². The van der Waals surface area contributed by atoms with Gasteiger partial charge in [0.1, 0.15) is 7.85 Å². The van der Waals surface area contributed by atoms with E-state index in [1.54, 1.807) is 0 Å². The lowest BCUT2D eigenvalue weighted by atomic mass is 9.91. The molecule has 0 amide bonds. The number of hydrogen-bond donors (Lipinski definition) is 0. The molecule has 0 saturated carbocycles. The van der Waals surface area contributed by atoms with Gasteiger partial charge in [-0.05, 0) is 20.3 Å². The van der Waals surface area contributed by atoms with Gasteiger partial charge in [0.05, 0.1) is 17.7 Å². The van der Waals surface area contributed by atoms with E-state index >= 15 is 0 Å². The van der Waals surface area contributed by atoms with E-state index in [2.05, 4.69) is 21.7 Å². The first-order valence-electron chi connectivity index (χ1n) is 4.90. The van der Waals surface area contributed by atoms with Gasteiger partial charge in [-0.25, -0.2) is 0 Å². The number of hydrogen-bond acceptors (Lipinski definition) is 2. The summed E-state index contributed by atoms with van der Waals surface area (Å²) in [7, 11) is 2.10. The fourth-order valence-corrected chi connectivity index (χ4v) is 1.80. The van der Waals surface area contributed by atoms with Gasteiger partial charge in [0.2, 0.25) is 0 Å². The van der Waals surface area contributed by atoms with Crippen LogP contribution in [-0.2, 0) is 9.47 Å². The van der Waals surface area contributed by atoms with Crippen LogP contribution in [0.5, 0.6) is 0 Å². The van der Waals surface area contributed by atoms with Gasteiger partial charge in [-0.1, -0.05) is 6.92 Å². The summed E-state index contributed by atoms with van der Waals surface area (Å²) in [6.45, 7) is 7.16. The fraction of sp³-hybridized carbons (Fsp3) is 1.00. The first kappa shape index (κ1) is 10.1. The van der Waals surface area contributed by atoms with Crippen LogP contribution in [0.2, 0.25) is 0 Å². The molecule has 0 spiro atoms. The summed E-state index contributed by atoms with van der Waals surface area (Å²) in [6, 6.07) is 0.259. The Hall–Kier alpha value is -0.0151. The molecule has 0 aromatic carbocycles. The molecule has 1 aliphatic rings. The van der Waals surface area contributed by atoms with Crippen molar-refractivity contribution in [1.82, 2.24) is 0 Å². The molecule has 0 aromatic heterocycles. The van der Waals surface area contributed by atoms with E-state index in [0.717, 1.165) is 19.4 Å². The maximum absolute atomic E-state index is 5.84. The SMILES string of the molecule is BC1O[C@@](C)(CC)CC1OCC. The van der Waals surface area contributed by atoms with Crippen molar-refractivity contribution in [2.24, 2.45) is 0 Å². The Kier molecular flexibility index (Phi) is 3.19. The molecule has 2 nitrogen and oxygen atoms in total. The van der Waals surface area contributed by atoms with Gasteiger partial charge < -0.3 is 9.47 Å². The van der Waals surface area contributed by atoms with Crippen LogP contribution in [0.15, 0.2) is 0 Å². The molecule has 1 fully saturated rings. The van der Waals surface area contributed by atoms with Crippen LogP contribution >= 0.6 is 0 Å². The van der Waals surface area contributed by atoms with Crippen LogP contribution < -0.4 is 0 Å². The van der Waals surface area contributed by atoms with Crippen molar-refractivity contribution in [2.75, 3.05) is 6.61 Å². The minimum absolute atomic E-state index is 0.0548. The van der Waals surface area contributed by atoms with Gasteiger partial charge in [0.15, 0.2) is 0 Å². The molecular weight excluding hydrogens is 151 g/mol. The smallest absolute Gasteiger partial charge is 0.142 e. The first-order chi connectivity index (χ1) is 5.61. The minimum Gasteiger partial charge on any atom is -0.378 e. The molecule has 3 heteroatoms. The maximum Gasteiger partial charge on any atom is 0.142 e. The largest absolute Gasteiger partial charge is 0.378 e. The van der Waals surface area contributed by atoms with Crippen molar-refractivity contribution in [3.63, 3.8) is 0 Å². The zero-order valence-electron chi connectivity index (χ0n) is 8.59. The summed E-state index contributed by atoms with van der Waals surface area (Å²) in [6.07, 6.45) is 2.42. The Morgan fingerprint density at radius 3 is 2.67 bits per heavy atom. The quantitative estimate of drug-likeness (QED) is 0.587. The van der Waals surface area contributed by atoms with Crippen LogP contribution in [0, 0.1) is 0 Å². The summed E-state index contributed by atoms with van der Waals surface area (Å²) in [5, 5.41) is 0. The van der Waals surface area contributed by atoms with E-state index in [1.807, 2.05) is 6.92 Å². The summed E-state index contributed by atoms with van der Waals surface area (Å²) < 4.78 is 11.4. The van der Waals surface area contributed by atoms with E-state index < -0.39 is 0 Å². The van der Waals surface area contributed by atoms with E-state index in [4.69, 9.17) is 9.47 Å². The van der Waals surface area contributed by atoms with Gasteiger partial charge in [0, 0.05) is 13.0 Å². The van der Waals surface area contributed by atoms with Crippen molar-refractivity contribution in [3.05, 3.63) is 0 Å². The molecule has 12 heavy (non-hydrogen) atoms. The molecule has 1 saturated heterocycles. The van der Waals surface area contributed by atoms with Gasteiger partial charge >= 0.3 is 0 Å². The van der Waals surface area contributed by atoms with Gasteiger partial charge in [0.25, 0.3) is 0 Å². The topological polar surface area (TPSA) is 18.5 Å². The average molecular weight is 170 g/mol. The molecule has 1 aliphatic heterocycles. The summed E-state index contributed by atoms with van der Waals surface area (Å²) in [4.78, 5) is 0. The summed E-state index contributed by atoms with van der Waals surface area (Å²) >= 11 is 0. The van der Waals surface area contributed by atoms with Crippen molar-refractivity contribution in [2.45, 2.75) is 51.3 Å². The maximum atomic E-state index is 5.84. The summed E-state index contributed by atoms with van der Waals surface area (Å²) in [5.41, 5.74) is 0.0548. The van der Waals surface area contributed by atoms with Crippen molar-refractivity contribution >= 4 is 7.85 Å². The van der Waals surface area contributed by atoms with Crippen LogP contribution in [0.1, 0.15) is 33.6 Å². The predicted octanol–water partition coefficient (Wildman–Crippen LogP) is 0.940. The lowest BCUT2D eigenvalue weighted by molar-refractivity contribution is -0.0153.